The Labute approximate surface area is 121 Å². The summed E-state index contributed by atoms with van der Waals surface area (Å²) in [7, 11) is 0. The maximum absolute atomic E-state index is 12.6. The number of amides is 1. The van der Waals surface area contributed by atoms with E-state index in [-0.39, 0.29) is 17.4 Å². The molecule has 3 unspecified atom stereocenters. The van der Waals surface area contributed by atoms with Crippen molar-refractivity contribution in [2.24, 2.45) is 5.41 Å². The lowest BCUT2D eigenvalue weighted by atomic mass is 9.76. The third-order valence-corrected chi connectivity index (χ3v) is 4.90. The predicted molar refractivity (Wildman–Crippen MR) is 77.4 cm³/mol. The molecule has 1 amide bonds. The molecule has 2 saturated heterocycles. The van der Waals surface area contributed by atoms with E-state index in [2.05, 4.69) is 17.6 Å². The van der Waals surface area contributed by atoms with E-state index in [1.54, 1.807) is 0 Å². The second-order valence-electron chi connectivity index (χ2n) is 6.36. The first-order valence-corrected chi connectivity index (χ1v) is 7.85. The van der Waals surface area contributed by atoms with Gasteiger partial charge in [0.15, 0.2) is 0 Å². The van der Waals surface area contributed by atoms with E-state index in [9.17, 15) is 9.90 Å². The van der Waals surface area contributed by atoms with Gasteiger partial charge >= 0.3 is 0 Å². The monoisotopic (exact) mass is 284 g/mol. The molecule has 2 fully saturated rings. The van der Waals surface area contributed by atoms with Crippen LogP contribution in [0.1, 0.15) is 46.0 Å². The van der Waals surface area contributed by atoms with Crippen LogP contribution in [0.5, 0.6) is 0 Å². The van der Waals surface area contributed by atoms with Crippen molar-refractivity contribution in [3.8, 4) is 0 Å². The van der Waals surface area contributed by atoms with Gasteiger partial charge in [0.1, 0.15) is 5.60 Å². The second kappa shape index (κ2) is 6.41. The van der Waals surface area contributed by atoms with Gasteiger partial charge in [-0.15, -0.1) is 0 Å². The number of nitrogens with one attached hydrogen (secondary N) is 2. The van der Waals surface area contributed by atoms with Crippen LogP contribution in [0.25, 0.3) is 0 Å². The van der Waals surface area contributed by atoms with Gasteiger partial charge in [0.05, 0.1) is 11.5 Å². The summed E-state index contributed by atoms with van der Waals surface area (Å²) in [5.41, 5.74) is -1.21. The van der Waals surface area contributed by atoms with Crippen molar-refractivity contribution in [3.05, 3.63) is 0 Å². The van der Waals surface area contributed by atoms with Crippen LogP contribution < -0.4 is 10.6 Å². The van der Waals surface area contributed by atoms with Gasteiger partial charge in [-0.1, -0.05) is 13.3 Å². The number of ether oxygens (including phenoxy) is 1. The van der Waals surface area contributed by atoms with Crippen LogP contribution in [0, 0.1) is 5.41 Å². The minimum atomic E-state index is -0.912. The molecule has 3 atom stereocenters. The van der Waals surface area contributed by atoms with Crippen molar-refractivity contribution in [3.63, 3.8) is 0 Å². The summed E-state index contributed by atoms with van der Waals surface area (Å²) in [4.78, 5) is 12.6. The zero-order valence-electron chi connectivity index (χ0n) is 12.7. The lowest BCUT2D eigenvalue weighted by molar-refractivity contribution is -0.134. The Kier molecular flexibility index (Phi) is 5.04. The first-order valence-electron chi connectivity index (χ1n) is 7.85. The summed E-state index contributed by atoms with van der Waals surface area (Å²) in [6, 6.07) is 0. The molecule has 0 aromatic rings. The third kappa shape index (κ3) is 3.15. The molecule has 0 bridgehead atoms. The van der Waals surface area contributed by atoms with Crippen molar-refractivity contribution in [2.75, 3.05) is 26.2 Å². The van der Waals surface area contributed by atoms with Crippen molar-refractivity contribution in [2.45, 2.75) is 57.7 Å². The number of piperidine rings is 1. The van der Waals surface area contributed by atoms with Crippen LogP contribution in [-0.4, -0.2) is 49.0 Å². The summed E-state index contributed by atoms with van der Waals surface area (Å²) < 4.78 is 5.41. The normalized spacial score (nSPS) is 37.9. The van der Waals surface area contributed by atoms with Gasteiger partial charge in [-0.2, -0.15) is 0 Å². The number of hydrogen-bond donors (Lipinski definition) is 3. The average Bonchev–Trinajstić information content (AvgIpc) is 2.78. The quantitative estimate of drug-likeness (QED) is 0.699. The highest BCUT2D eigenvalue weighted by Crippen LogP contribution is 2.32. The smallest absolute Gasteiger partial charge is 0.227 e. The SMILES string of the molecule is CCCC1(C(=O)NCC2(O)CCOC2C)CCCNC1. The number of hydrogen-bond acceptors (Lipinski definition) is 4. The van der Waals surface area contributed by atoms with Gasteiger partial charge < -0.3 is 20.5 Å². The lowest BCUT2D eigenvalue weighted by Gasteiger charge is -2.37. The van der Waals surface area contributed by atoms with Crippen LogP contribution in [0.15, 0.2) is 0 Å². The fourth-order valence-electron chi connectivity index (χ4n) is 3.39. The highest BCUT2D eigenvalue weighted by Gasteiger charge is 2.43. The van der Waals surface area contributed by atoms with E-state index in [0.29, 0.717) is 19.6 Å². The van der Waals surface area contributed by atoms with Crippen LogP contribution in [-0.2, 0) is 9.53 Å². The Bertz CT molecular complexity index is 337. The van der Waals surface area contributed by atoms with Crippen LogP contribution in [0.4, 0.5) is 0 Å². The van der Waals surface area contributed by atoms with Gasteiger partial charge in [-0.25, -0.2) is 0 Å². The Morgan fingerprint density at radius 1 is 1.50 bits per heavy atom. The molecule has 0 saturated carbocycles. The zero-order valence-corrected chi connectivity index (χ0v) is 12.7. The van der Waals surface area contributed by atoms with E-state index < -0.39 is 5.60 Å². The van der Waals surface area contributed by atoms with Crippen molar-refractivity contribution >= 4 is 5.91 Å². The van der Waals surface area contributed by atoms with E-state index in [4.69, 9.17) is 4.74 Å². The van der Waals surface area contributed by atoms with Crippen LogP contribution in [0.3, 0.4) is 0 Å². The Morgan fingerprint density at radius 3 is 2.85 bits per heavy atom. The molecule has 0 aliphatic carbocycles. The molecular weight excluding hydrogens is 256 g/mol. The first kappa shape index (κ1) is 15.7. The molecule has 2 aliphatic rings. The molecule has 0 spiro atoms. The lowest BCUT2D eigenvalue weighted by Crippen LogP contribution is -2.54. The van der Waals surface area contributed by atoms with Crippen LogP contribution >= 0.6 is 0 Å². The third-order valence-electron chi connectivity index (χ3n) is 4.90. The number of carbonyl (C=O) groups is 1. The number of carbonyl (C=O) groups excluding carboxylic acids is 1. The topological polar surface area (TPSA) is 70.6 Å². The molecule has 2 heterocycles. The fraction of sp³-hybridized carbons (Fsp3) is 0.933. The summed E-state index contributed by atoms with van der Waals surface area (Å²) in [5, 5.41) is 16.8. The molecule has 0 aromatic carbocycles. The number of rotatable bonds is 5. The average molecular weight is 284 g/mol. The summed E-state index contributed by atoms with van der Waals surface area (Å²) in [6.45, 7) is 6.57. The highest BCUT2D eigenvalue weighted by atomic mass is 16.5. The van der Waals surface area contributed by atoms with Crippen LogP contribution in [0.2, 0.25) is 0 Å². The molecule has 0 aromatic heterocycles. The molecular formula is C15H28N2O3. The Balaban J connectivity index is 1.95. The van der Waals surface area contributed by atoms with Gasteiger partial charge in [-0.05, 0) is 32.7 Å². The van der Waals surface area contributed by atoms with Crippen molar-refractivity contribution in [1.29, 1.82) is 0 Å². The molecule has 2 rings (SSSR count). The first-order chi connectivity index (χ1) is 9.52. The van der Waals surface area contributed by atoms with Gasteiger partial charge in [0.25, 0.3) is 0 Å². The van der Waals surface area contributed by atoms with Gasteiger partial charge in [0.2, 0.25) is 5.91 Å². The van der Waals surface area contributed by atoms with E-state index in [0.717, 1.165) is 38.8 Å². The summed E-state index contributed by atoms with van der Waals surface area (Å²) in [5.74, 6) is 0.0825. The maximum atomic E-state index is 12.6. The molecule has 5 nitrogen and oxygen atoms in total. The molecule has 116 valence electrons. The standard InChI is InChI=1S/C15H28N2O3/c1-3-5-14(6-4-8-16-10-14)13(18)17-11-15(19)7-9-20-12(15)2/h12,16,19H,3-11H2,1-2H3,(H,17,18). The zero-order chi connectivity index (χ0) is 14.6. The van der Waals surface area contributed by atoms with E-state index in [1.807, 2.05) is 6.92 Å². The minimum absolute atomic E-state index is 0.0825. The maximum Gasteiger partial charge on any atom is 0.227 e. The molecule has 0 radical (unpaired) electrons. The minimum Gasteiger partial charge on any atom is -0.385 e. The van der Waals surface area contributed by atoms with Crippen molar-refractivity contribution in [1.82, 2.24) is 10.6 Å². The molecule has 3 N–H and O–H groups in total. The van der Waals surface area contributed by atoms with E-state index >= 15 is 0 Å². The molecule has 5 heteroatoms. The predicted octanol–water partition coefficient (Wildman–Crippen LogP) is 0.812. The van der Waals surface area contributed by atoms with E-state index in [1.165, 1.54) is 0 Å². The molecule has 2 aliphatic heterocycles. The Hall–Kier alpha value is -0.650. The van der Waals surface area contributed by atoms with Gasteiger partial charge in [0, 0.05) is 26.1 Å². The Morgan fingerprint density at radius 2 is 2.30 bits per heavy atom. The summed E-state index contributed by atoms with van der Waals surface area (Å²) in [6.07, 6.45) is 4.25. The second-order valence-corrected chi connectivity index (χ2v) is 6.36. The van der Waals surface area contributed by atoms with Gasteiger partial charge in [-0.3, -0.25) is 4.79 Å². The van der Waals surface area contributed by atoms with Crippen molar-refractivity contribution < 1.29 is 14.6 Å². The summed E-state index contributed by atoms with van der Waals surface area (Å²) >= 11 is 0. The fourth-order valence-corrected chi connectivity index (χ4v) is 3.39. The highest BCUT2D eigenvalue weighted by molar-refractivity contribution is 5.83. The largest absolute Gasteiger partial charge is 0.385 e. The number of aliphatic hydroxyl groups is 1. The molecule has 20 heavy (non-hydrogen) atoms.